The highest BCUT2D eigenvalue weighted by Gasteiger charge is 2.51. The number of para-hydroxylation sites is 1. The van der Waals surface area contributed by atoms with Crippen molar-refractivity contribution in [2.75, 3.05) is 13.1 Å². The molecule has 2 bridgehead atoms. The van der Waals surface area contributed by atoms with E-state index in [9.17, 15) is 5.11 Å². The molecule has 1 aromatic carbocycles. The van der Waals surface area contributed by atoms with Gasteiger partial charge in [-0.2, -0.15) is 0 Å². The van der Waals surface area contributed by atoms with Crippen LogP contribution in [0.2, 0.25) is 0 Å². The van der Waals surface area contributed by atoms with E-state index in [1.54, 1.807) is 12.4 Å². The monoisotopic (exact) mass is 415 g/mol. The summed E-state index contributed by atoms with van der Waals surface area (Å²) >= 11 is 0. The number of likely N-dealkylation sites (tertiary alicyclic amines) is 1. The molecule has 1 saturated carbocycles. The van der Waals surface area contributed by atoms with Crippen LogP contribution in [0.1, 0.15) is 36.0 Å². The summed E-state index contributed by atoms with van der Waals surface area (Å²) in [7, 11) is 0. The summed E-state index contributed by atoms with van der Waals surface area (Å²) in [5.41, 5.74) is 2.46. The number of piperidine rings is 1. The van der Waals surface area contributed by atoms with Gasteiger partial charge in [-0.05, 0) is 31.0 Å². The van der Waals surface area contributed by atoms with Crippen molar-refractivity contribution in [3.63, 3.8) is 0 Å². The van der Waals surface area contributed by atoms with E-state index >= 15 is 0 Å². The molecule has 1 N–H and O–H groups in total. The predicted octanol–water partition coefficient (Wildman–Crippen LogP) is 4.18. The van der Waals surface area contributed by atoms with E-state index in [4.69, 9.17) is 4.74 Å². The van der Waals surface area contributed by atoms with Crippen molar-refractivity contribution in [2.45, 2.75) is 38.0 Å². The molecule has 160 valence electrons. The van der Waals surface area contributed by atoms with Gasteiger partial charge in [-0.15, -0.1) is 0 Å². The highest BCUT2D eigenvalue weighted by molar-refractivity contribution is 5.34. The predicted molar refractivity (Wildman–Crippen MR) is 119 cm³/mol. The van der Waals surface area contributed by atoms with Crippen molar-refractivity contribution in [1.29, 1.82) is 0 Å². The number of nitrogens with zero attached hydrogens (tertiary/aromatic N) is 3. The number of aromatic nitrogens is 2. The Labute approximate surface area is 183 Å². The smallest absolute Gasteiger partial charge is 0.124 e. The molecule has 5 nitrogen and oxygen atoms in total. The molecule has 2 fully saturated rings. The molecule has 1 saturated heterocycles. The van der Waals surface area contributed by atoms with E-state index in [1.807, 2.05) is 48.8 Å². The van der Waals surface area contributed by atoms with Crippen molar-refractivity contribution in [2.24, 2.45) is 11.8 Å². The first-order chi connectivity index (χ1) is 15.2. The summed E-state index contributed by atoms with van der Waals surface area (Å²) in [6.45, 7) is 3.12. The van der Waals surface area contributed by atoms with Crippen LogP contribution in [0.5, 0.6) is 5.75 Å². The fraction of sp³-hybridized carbons (Fsp3) is 0.385. The van der Waals surface area contributed by atoms with Crippen LogP contribution in [0, 0.1) is 11.8 Å². The Morgan fingerprint density at radius 2 is 1.68 bits per heavy atom. The summed E-state index contributed by atoms with van der Waals surface area (Å²) in [6.07, 6.45) is 10.5. The first-order valence-corrected chi connectivity index (χ1v) is 11.2. The maximum Gasteiger partial charge on any atom is 0.124 e. The molecular weight excluding hydrogens is 386 g/mol. The summed E-state index contributed by atoms with van der Waals surface area (Å²) in [4.78, 5) is 10.9. The first kappa shape index (κ1) is 20.2. The number of hydrogen-bond acceptors (Lipinski definition) is 5. The van der Waals surface area contributed by atoms with Crippen LogP contribution in [0.4, 0.5) is 0 Å². The fourth-order valence-electron chi connectivity index (χ4n) is 5.40. The zero-order chi connectivity index (χ0) is 21.1. The lowest BCUT2D eigenvalue weighted by atomic mass is 9.63. The second kappa shape index (κ2) is 8.77. The Balaban J connectivity index is 1.31. The Hall–Kier alpha value is -2.76. The number of fused-ring (bicyclic) bond motifs is 2. The molecule has 31 heavy (non-hydrogen) atoms. The van der Waals surface area contributed by atoms with Crippen molar-refractivity contribution in [3.05, 3.63) is 90.0 Å². The molecule has 3 heterocycles. The average Bonchev–Trinajstić information content (AvgIpc) is 2.80. The number of benzene rings is 1. The van der Waals surface area contributed by atoms with E-state index in [1.165, 1.54) is 12.0 Å². The van der Waals surface area contributed by atoms with Gasteiger partial charge in [0.05, 0.1) is 5.60 Å². The lowest BCUT2D eigenvalue weighted by Gasteiger charge is -2.53. The van der Waals surface area contributed by atoms with Gasteiger partial charge >= 0.3 is 0 Å². The topological polar surface area (TPSA) is 58.5 Å². The quantitative estimate of drug-likeness (QED) is 0.655. The second-order valence-corrected chi connectivity index (χ2v) is 8.84. The molecule has 2 aromatic heterocycles. The van der Waals surface area contributed by atoms with Gasteiger partial charge in [0.15, 0.2) is 0 Å². The van der Waals surface area contributed by atoms with Gasteiger partial charge in [0, 0.05) is 72.9 Å². The molecule has 5 rings (SSSR count). The van der Waals surface area contributed by atoms with Gasteiger partial charge < -0.3 is 9.84 Å². The zero-order valence-electron chi connectivity index (χ0n) is 17.7. The van der Waals surface area contributed by atoms with Crippen LogP contribution >= 0.6 is 0 Å². The molecule has 2 aliphatic rings. The van der Waals surface area contributed by atoms with Crippen LogP contribution in [-0.4, -0.2) is 33.1 Å². The largest absolute Gasteiger partial charge is 0.489 e. The van der Waals surface area contributed by atoms with E-state index in [-0.39, 0.29) is 11.8 Å². The van der Waals surface area contributed by atoms with Crippen LogP contribution in [0.3, 0.4) is 0 Å². The molecule has 0 radical (unpaired) electrons. The summed E-state index contributed by atoms with van der Waals surface area (Å²) in [5.74, 6) is 1.38. The number of pyridine rings is 2. The highest BCUT2D eigenvalue weighted by atomic mass is 16.5. The lowest BCUT2D eigenvalue weighted by molar-refractivity contribution is -0.148. The Morgan fingerprint density at radius 1 is 0.935 bits per heavy atom. The highest BCUT2D eigenvalue weighted by Crippen LogP contribution is 2.49. The summed E-state index contributed by atoms with van der Waals surface area (Å²) in [5, 5.41) is 11.8. The van der Waals surface area contributed by atoms with Crippen molar-refractivity contribution in [3.8, 4) is 5.75 Å². The third-order valence-electron chi connectivity index (χ3n) is 6.91. The van der Waals surface area contributed by atoms with Gasteiger partial charge in [-0.3, -0.25) is 14.9 Å². The minimum Gasteiger partial charge on any atom is -0.489 e. The molecular formula is C26H29N3O2. The standard InChI is InChI=1S/C26H29N3O2/c30-26(22-10-5-13-28-15-22)23-8-3-9-24(26)18-29(17-23)16-21-7-1-2-11-25(21)31-19-20-6-4-12-27-14-20/h1-2,4-7,10-15,23-24,30H,3,8-9,16-19H2. The number of aliphatic hydroxyl groups is 1. The normalized spacial score (nSPS) is 25.8. The maximum atomic E-state index is 11.8. The number of rotatable bonds is 6. The Bertz CT molecular complexity index is 982. The molecule has 0 spiro atoms. The minimum absolute atomic E-state index is 0.229. The molecule has 2 atom stereocenters. The molecule has 1 aliphatic carbocycles. The van der Waals surface area contributed by atoms with Gasteiger partial charge in [0.1, 0.15) is 12.4 Å². The SMILES string of the molecule is OC1(c2cccnc2)C2CCCC1CN(Cc1ccccc1OCc1cccnc1)C2. The van der Waals surface area contributed by atoms with E-state index < -0.39 is 5.60 Å². The third-order valence-corrected chi connectivity index (χ3v) is 6.91. The zero-order valence-corrected chi connectivity index (χ0v) is 17.7. The molecule has 0 amide bonds. The molecule has 2 unspecified atom stereocenters. The Kier molecular flexibility index (Phi) is 5.70. The fourth-order valence-corrected chi connectivity index (χ4v) is 5.40. The van der Waals surface area contributed by atoms with Crippen molar-refractivity contribution in [1.82, 2.24) is 14.9 Å². The van der Waals surface area contributed by atoms with Gasteiger partial charge in [-0.25, -0.2) is 0 Å². The molecule has 1 aliphatic heterocycles. The van der Waals surface area contributed by atoms with Crippen LogP contribution < -0.4 is 4.74 Å². The van der Waals surface area contributed by atoms with Crippen LogP contribution in [0.15, 0.2) is 73.3 Å². The second-order valence-electron chi connectivity index (χ2n) is 8.84. The number of hydrogen-bond donors (Lipinski definition) is 1. The minimum atomic E-state index is -0.765. The van der Waals surface area contributed by atoms with E-state index in [2.05, 4.69) is 27.0 Å². The summed E-state index contributed by atoms with van der Waals surface area (Å²) < 4.78 is 6.14. The van der Waals surface area contributed by atoms with Crippen LogP contribution in [0.25, 0.3) is 0 Å². The maximum absolute atomic E-state index is 11.8. The number of ether oxygens (including phenoxy) is 1. The van der Waals surface area contributed by atoms with Gasteiger partial charge in [0.2, 0.25) is 0 Å². The van der Waals surface area contributed by atoms with Crippen molar-refractivity contribution >= 4 is 0 Å². The first-order valence-electron chi connectivity index (χ1n) is 11.2. The van der Waals surface area contributed by atoms with Gasteiger partial charge in [-0.1, -0.05) is 36.8 Å². The Morgan fingerprint density at radius 3 is 2.39 bits per heavy atom. The van der Waals surface area contributed by atoms with E-state index in [0.29, 0.717) is 6.61 Å². The van der Waals surface area contributed by atoms with Gasteiger partial charge in [0.25, 0.3) is 0 Å². The van der Waals surface area contributed by atoms with E-state index in [0.717, 1.165) is 49.4 Å². The average molecular weight is 416 g/mol. The third kappa shape index (κ3) is 4.08. The van der Waals surface area contributed by atoms with Crippen molar-refractivity contribution < 1.29 is 9.84 Å². The molecule has 5 heteroatoms. The molecule has 3 aromatic rings. The van der Waals surface area contributed by atoms with Crippen LogP contribution in [-0.2, 0) is 18.8 Å². The summed E-state index contributed by atoms with van der Waals surface area (Å²) in [6, 6.07) is 16.2. The lowest BCUT2D eigenvalue weighted by Crippen LogP contribution is -2.57.